The van der Waals surface area contributed by atoms with Crippen molar-refractivity contribution in [2.24, 2.45) is 0 Å². The molecule has 2 unspecified atom stereocenters. The van der Waals surface area contributed by atoms with Gasteiger partial charge in [0.05, 0.1) is 19.0 Å². The van der Waals surface area contributed by atoms with Crippen LogP contribution in [0.4, 0.5) is 4.39 Å². The quantitative estimate of drug-likeness (QED) is 0.652. The lowest BCUT2D eigenvalue weighted by atomic mass is 10.1. The van der Waals surface area contributed by atoms with Gasteiger partial charge in [-0.15, -0.1) is 0 Å². The fourth-order valence-corrected chi connectivity index (χ4v) is 1.21. The van der Waals surface area contributed by atoms with E-state index in [1.165, 1.54) is 6.92 Å². The number of hydrogen-bond donors (Lipinski definition) is 1. The number of aliphatic hydroxyl groups is 1. The van der Waals surface area contributed by atoms with Crippen molar-refractivity contribution >= 4 is 10.1 Å². The molecular weight excluding hydrogens is 199 g/mol. The summed E-state index contributed by atoms with van der Waals surface area (Å²) in [7, 11) is -3.48. The molecule has 0 aliphatic rings. The first-order valence-electron chi connectivity index (χ1n) is 3.98. The van der Waals surface area contributed by atoms with Crippen LogP contribution in [0.25, 0.3) is 0 Å². The van der Waals surface area contributed by atoms with Crippen molar-refractivity contribution < 1.29 is 22.1 Å². The predicted molar refractivity (Wildman–Crippen MR) is 46.6 cm³/mol. The van der Waals surface area contributed by atoms with Crippen LogP contribution in [0.2, 0.25) is 0 Å². The molecular formula is C7H15FO4S. The first-order valence-corrected chi connectivity index (χ1v) is 5.79. The molecule has 0 aromatic carbocycles. The van der Waals surface area contributed by atoms with Crippen LogP contribution in [-0.2, 0) is 14.3 Å². The van der Waals surface area contributed by atoms with Gasteiger partial charge in [0.2, 0.25) is 0 Å². The molecule has 0 radical (unpaired) electrons. The van der Waals surface area contributed by atoms with Crippen molar-refractivity contribution in [2.45, 2.75) is 32.0 Å². The van der Waals surface area contributed by atoms with Crippen molar-refractivity contribution in [1.29, 1.82) is 0 Å². The molecule has 80 valence electrons. The molecule has 13 heavy (non-hydrogen) atoms. The van der Waals surface area contributed by atoms with Gasteiger partial charge in [-0.05, 0) is 6.92 Å². The Bertz CT molecular complexity index is 225. The molecule has 0 saturated carbocycles. The van der Waals surface area contributed by atoms with Gasteiger partial charge in [0.1, 0.15) is 6.17 Å². The lowest BCUT2D eigenvalue weighted by Crippen LogP contribution is -2.14. The average molecular weight is 214 g/mol. The maximum absolute atomic E-state index is 12.8. The standard InChI is InChI=1S/C7H15FO4S/c1-6(9)5-7(8)3-4-12-13(2,10)11/h6-7,9H,3-5H2,1-2H3. The van der Waals surface area contributed by atoms with Crippen molar-refractivity contribution in [3.8, 4) is 0 Å². The minimum Gasteiger partial charge on any atom is -0.393 e. The van der Waals surface area contributed by atoms with Gasteiger partial charge in [0.15, 0.2) is 0 Å². The van der Waals surface area contributed by atoms with Crippen molar-refractivity contribution in [3.63, 3.8) is 0 Å². The van der Waals surface area contributed by atoms with E-state index in [0.29, 0.717) is 0 Å². The number of rotatable bonds is 6. The largest absolute Gasteiger partial charge is 0.393 e. The summed E-state index contributed by atoms with van der Waals surface area (Å²) in [6, 6.07) is 0. The molecule has 0 rings (SSSR count). The van der Waals surface area contributed by atoms with E-state index in [1.807, 2.05) is 0 Å². The molecule has 0 fully saturated rings. The SMILES string of the molecule is CC(O)CC(F)CCOS(C)(=O)=O. The Morgan fingerprint density at radius 1 is 1.54 bits per heavy atom. The van der Waals surface area contributed by atoms with E-state index >= 15 is 0 Å². The summed E-state index contributed by atoms with van der Waals surface area (Å²) in [5.74, 6) is 0. The van der Waals surface area contributed by atoms with Gasteiger partial charge in [-0.25, -0.2) is 4.39 Å². The molecule has 6 heteroatoms. The van der Waals surface area contributed by atoms with Crippen LogP contribution in [0.3, 0.4) is 0 Å². The Labute approximate surface area is 77.8 Å². The Morgan fingerprint density at radius 3 is 2.46 bits per heavy atom. The normalized spacial score (nSPS) is 16.9. The highest BCUT2D eigenvalue weighted by molar-refractivity contribution is 7.85. The molecule has 0 heterocycles. The fraction of sp³-hybridized carbons (Fsp3) is 1.00. The summed E-state index contributed by atoms with van der Waals surface area (Å²) in [5.41, 5.74) is 0. The zero-order valence-electron chi connectivity index (χ0n) is 7.73. The summed E-state index contributed by atoms with van der Waals surface area (Å²) < 4.78 is 38.0. The fourth-order valence-electron chi connectivity index (χ4n) is 0.815. The molecule has 1 N–H and O–H groups in total. The third kappa shape index (κ3) is 9.72. The molecule has 0 amide bonds. The third-order valence-electron chi connectivity index (χ3n) is 1.33. The highest BCUT2D eigenvalue weighted by Crippen LogP contribution is 2.07. The van der Waals surface area contributed by atoms with E-state index in [-0.39, 0.29) is 19.4 Å². The molecule has 0 aliphatic heterocycles. The second-order valence-electron chi connectivity index (χ2n) is 3.00. The minimum absolute atomic E-state index is 0.00707. The van der Waals surface area contributed by atoms with Crippen LogP contribution in [-0.4, -0.2) is 38.7 Å². The molecule has 2 atom stereocenters. The second kappa shape index (κ2) is 5.51. The maximum Gasteiger partial charge on any atom is 0.264 e. The van der Waals surface area contributed by atoms with Crippen molar-refractivity contribution in [1.82, 2.24) is 0 Å². The molecule has 4 nitrogen and oxygen atoms in total. The van der Waals surface area contributed by atoms with Crippen LogP contribution >= 0.6 is 0 Å². The van der Waals surface area contributed by atoms with E-state index in [2.05, 4.69) is 4.18 Å². The van der Waals surface area contributed by atoms with Crippen LogP contribution in [0.1, 0.15) is 19.8 Å². The summed E-state index contributed by atoms with van der Waals surface area (Å²) in [5, 5.41) is 8.78. The van der Waals surface area contributed by atoms with Gasteiger partial charge in [0.25, 0.3) is 10.1 Å². The zero-order chi connectivity index (χ0) is 10.5. The van der Waals surface area contributed by atoms with Gasteiger partial charge in [-0.2, -0.15) is 8.42 Å². The number of halogens is 1. The minimum atomic E-state index is -3.48. The maximum atomic E-state index is 12.8. The van der Waals surface area contributed by atoms with E-state index in [9.17, 15) is 12.8 Å². The summed E-state index contributed by atoms with van der Waals surface area (Å²) >= 11 is 0. The summed E-state index contributed by atoms with van der Waals surface area (Å²) in [6.07, 6.45) is -1.03. The Balaban J connectivity index is 3.54. The van der Waals surface area contributed by atoms with Gasteiger partial charge >= 0.3 is 0 Å². The smallest absolute Gasteiger partial charge is 0.264 e. The number of alkyl halides is 1. The third-order valence-corrected chi connectivity index (χ3v) is 1.92. The first-order chi connectivity index (χ1) is 5.81. The molecule has 0 aromatic heterocycles. The number of hydrogen-bond acceptors (Lipinski definition) is 4. The summed E-state index contributed by atoms with van der Waals surface area (Å²) in [6.45, 7) is 1.30. The summed E-state index contributed by atoms with van der Waals surface area (Å²) in [4.78, 5) is 0. The van der Waals surface area contributed by atoms with Crippen molar-refractivity contribution in [3.05, 3.63) is 0 Å². The van der Waals surface area contributed by atoms with E-state index in [4.69, 9.17) is 5.11 Å². The lowest BCUT2D eigenvalue weighted by molar-refractivity contribution is 0.129. The monoisotopic (exact) mass is 214 g/mol. The Hall–Kier alpha value is -0.200. The van der Waals surface area contributed by atoms with Gasteiger partial charge in [-0.1, -0.05) is 0 Å². The van der Waals surface area contributed by atoms with Gasteiger partial charge in [-0.3, -0.25) is 4.18 Å². The molecule has 0 spiro atoms. The Morgan fingerprint density at radius 2 is 2.08 bits per heavy atom. The zero-order valence-corrected chi connectivity index (χ0v) is 8.55. The molecule has 0 aliphatic carbocycles. The molecule has 0 saturated heterocycles. The van der Waals surface area contributed by atoms with Crippen molar-refractivity contribution in [2.75, 3.05) is 12.9 Å². The lowest BCUT2D eigenvalue weighted by Gasteiger charge is -2.09. The highest BCUT2D eigenvalue weighted by Gasteiger charge is 2.11. The molecule has 0 bridgehead atoms. The second-order valence-corrected chi connectivity index (χ2v) is 4.64. The van der Waals surface area contributed by atoms with E-state index in [1.54, 1.807) is 0 Å². The highest BCUT2D eigenvalue weighted by atomic mass is 32.2. The topological polar surface area (TPSA) is 63.6 Å². The van der Waals surface area contributed by atoms with Gasteiger partial charge in [0, 0.05) is 12.8 Å². The van der Waals surface area contributed by atoms with Crippen LogP contribution in [0.15, 0.2) is 0 Å². The molecule has 0 aromatic rings. The Kier molecular flexibility index (Phi) is 5.43. The van der Waals surface area contributed by atoms with Crippen LogP contribution < -0.4 is 0 Å². The van der Waals surface area contributed by atoms with Crippen LogP contribution in [0.5, 0.6) is 0 Å². The van der Waals surface area contributed by atoms with Gasteiger partial charge < -0.3 is 5.11 Å². The van der Waals surface area contributed by atoms with Crippen LogP contribution in [0, 0.1) is 0 Å². The average Bonchev–Trinajstić information content (AvgIpc) is 1.81. The van der Waals surface area contributed by atoms with E-state index < -0.39 is 22.4 Å². The predicted octanol–water partition coefficient (Wildman–Crippen LogP) is 0.462. The first kappa shape index (κ1) is 12.8. The van der Waals surface area contributed by atoms with E-state index in [0.717, 1.165) is 6.26 Å². The number of aliphatic hydroxyl groups excluding tert-OH is 1.